The van der Waals surface area contributed by atoms with Gasteiger partial charge in [-0.25, -0.2) is 0 Å². The molecule has 2 heterocycles. The summed E-state index contributed by atoms with van der Waals surface area (Å²) in [6.45, 7) is 1.26. The maximum atomic E-state index is 12.1. The van der Waals surface area contributed by atoms with Crippen molar-refractivity contribution < 1.29 is 14.3 Å². The minimum absolute atomic E-state index is 0.101. The third-order valence-corrected chi connectivity index (χ3v) is 3.40. The highest BCUT2D eigenvalue weighted by Gasteiger charge is 2.42. The normalized spacial score (nSPS) is 27.6. The number of Topliss-reactive ketones (excluding diaryl/α,β-unsaturated/α-hetero) is 1. The fraction of sp³-hybridized carbons (Fsp3) is 0.462. The second kappa shape index (κ2) is 3.88. The molecule has 4 heteroatoms. The average Bonchev–Trinajstić information content (AvgIpc) is 2.31. The van der Waals surface area contributed by atoms with Crippen molar-refractivity contribution in [2.24, 2.45) is 0 Å². The molecule has 1 fully saturated rings. The van der Waals surface area contributed by atoms with Gasteiger partial charge in [-0.05, 0) is 18.9 Å². The van der Waals surface area contributed by atoms with Gasteiger partial charge in [0.2, 0.25) is 0 Å². The Morgan fingerprint density at radius 1 is 1.35 bits per heavy atom. The lowest BCUT2D eigenvalue weighted by Crippen LogP contribution is -2.48. The maximum absolute atomic E-state index is 12.1. The first-order valence-electron chi connectivity index (χ1n) is 5.88. The molecular weight excluding hydrogens is 215 g/mol. The summed E-state index contributed by atoms with van der Waals surface area (Å²) in [7, 11) is 5.68. The van der Waals surface area contributed by atoms with E-state index in [2.05, 4.69) is 0 Å². The number of ether oxygens (including phenoxy) is 2. The molecule has 86 valence electrons. The Balaban J connectivity index is 1.97. The zero-order chi connectivity index (χ0) is 11.9. The second-order valence-corrected chi connectivity index (χ2v) is 4.80. The highest BCUT2D eigenvalue weighted by Crippen LogP contribution is 2.37. The van der Waals surface area contributed by atoms with Gasteiger partial charge in [-0.2, -0.15) is 0 Å². The van der Waals surface area contributed by atoms with Gasteiger partial charge < -0.3 is 9.47 Å². The van der Waals surface area contributed by atoms with Gasteiger partial charge in [0, 0.05) is 6.61 Å². The Bertz CT molecular complexity index is 464. The van der Waals surface area contributed by atoms with Crippen LogP contribution in [-0.4, -0.2) is 32.4 Å². The van der Waals surface area contributed by atoms with Crippen molar-refractivity contribution >= 4 is 19.1 Å². The molecule has 0 saturated carbocycles. The van der Waals surface area contributed by atoms with Crippen LogP contribution < -0.4 is 10.2 Å². The quantitative estimate of drug-likeness (QED) is 0.621. The molecule has 1 aromatic carbocycles. The van der Waals surface area contributed by atoms with E-state index in [1.54, 1.807) is 18.2 Å². The zero-order valence-electron chi connectivity index (χ0n) is 9.57. The van der Waals surface area contributed by atoms with E-state index >= 15 is 0 Å². The number of ketones is 1. The van der Waals surface area contributed by atoms with E-state index in [1.807, 2.05) is 0 Å². The molecule has 1 saturated heterocycles. The van der Waals surface area contributed by atoms with Crippen LogP contribution in [0.1, 0.15) is 29.6 Å². The lowest BCUT2D eigenvalue weighted by Gasteiger charge is -2.40. The van der Waals surface area contributed by atoms with Gasteiger partial charge >= 0.3 is 0 Å². The maximum Gasteiger partial charge on any atom is 0.170 e. The summed E-state index contributed by atoms with van der Waals surface area (Å²) < 4.78 is 11.4. The van der Waals surface area contributed by atoms with Gasteiger partial charge in [-0.15, -0.1) is 0 Å². The first-order chi connectivity index (χ1) is 8.19. The summed E-state index contributed by atoms with van der Waals surface area (Å²) in [6, 6.07) is 5.22. The van der Waals surface area contributed by atoms with Crippen LogP contribution in [0.15, 0.2) is 18.2 Å². The molecule has 0 N–H and O–H groups in total. The van der Waals surface area contributed by atoms with Crippen LogP contribution in [0.5, 0.6) is 5.75 Å². The van der Waals surface area contributed by atoms with E-state index in [-0.39, 0.29) is 5.78 Å². The van der Waals surface area contributed by atoms with E-state index in [4.69, 9.17) is 17.3 Å². The molecule has 0 aromatic heterocycles. The van der Waals surface area contributed by atoms with E-state index in [9.17, 15) is 4.79 Å². The van der Waals surface area contributed by atoms with Crippen molar-refractivity contribution in [1.29, 1.82) is 0 Å². The van der Waals surface area contributed by atoms with Gasteiger partial charge in [0.05, 0.1) is 18.6 Å². The van der Waals surface area contributed by atoms with Gasteiger partial charge in [0.15, 0.2) is 5.78 Å². The van der Waals surface area contributed by atoms with Crippen LogP contribution >= 0.6 is 0 Å². The zero-order valence-corrected chi connectivity index (χ0v) is 9.57. The largest absolute Gasteiger partial charge is 0.484 e. The molecule has 1 aromatic rings. The van der Waals surface area contributed by atoms with E-state index in [0.717, 1.165) is 19.4 Å². The number of benzene rings is 1. The first kappa shape index (κ1) is 10.8. The summed E-state index contributed by atoms with van der Waals surface area (Å²) in [6.07, 6.45) is 2.21. The van der Waals surface area contributed by atoms with E-state index < -0.39 is 5.60 Å². The summed E-state index contributed by atoms with van der Waals surface area (Å²) >= 11 is 0. The fourth-order valence-electron chi connectivity index (χ4n) is 2.56. The van der Waals surface area contributed by atoms with Crippen molar-refractivity contribution in [3.05, 3.63) is 23.8 Å². The van der Waals surface area contributed by atoms with Crippen LogP contribution in [0.3, 0.4) is 0 Å². The van der Waals surface area contributed by atoms with Crippen LogP contribution in [0.2, 0.25) is 0 Å². The number of carbonyl (C=O) groups is 1. The molecule has 2 aliphatic rings. The second-order valence-electron chi connectivity index (χ2n) is 4.80. The number of hydrogen-bond donors (Lipinski definition) is 0. The molecule has 2 aliphatic heterocycles. The summed E-state index contributed by atoms with van der Waals surface area (Å²) in [4.78, 5) is 12.1. The molecule has 0 amide bonds. The van der Waals surface area contributed by atoms with Crippen LogP contribution in [0.4, 0.5) is 0 Å². The molecule has 1 atom stereocenters. The average molecular weight is 228 g/mol. The Labute approximate surface area is 102 Å². The fourth-order valence-corrected chi connectivity index (χ4v) is 2.56. The molecule has 2 radical (unpaired) electrons. The first-order valence-corrected chi connectivity index (χ1v) is 5.88. The third-order valence-electron chi connectivity index (χ3n) is 3.40. The molecule has 3 rings (SSSR count). The van der Waals surface area contributed by atoms with Gasteiger partial charge in [-0.1, -0.05) is 17.6 Å². The number of rotatable bonds is 0. The van der Waals surface area contributed by atoms with Crippen molar-refractivity contribution in [2.75, 3.05) is 13.2 Å². The molecule has 17 heavy (non-hydrogen) atoms. The highest BCUT2D eigenvalue weighted by atomic mass is 16.5. The summed E-state index contributed by atoms with van der Waals surface area (Å²) in [5, 5.41) is 0. The lowest BCUT2D eigenvalue weighted by molar-refractivity contribution is -0.0715. The lowest BCUT2D eigenvalue weighted by atomic mass is 9.84. The molecule has 3 nitrogen and oxygen atoms in total. The standard InChI is InChI=1S/C13H13BO3/c14-9-2-3-12-10(6-9)11(15)7-13(17-12)4-1-5-16-8-13/h2-3,6H,1,4-5,7-8H2. The van der Waals surface area contributed by atoms with Crippen molar-refractivity contribution in [2.45, 2.75) is 24.9 Å². The molecule has 1 unspecified atom stereocenters. The minimum Gasteiger partial charge on any atom is -0.484 e. The molecule has 0 bridgehead atoms. The van der Waals surface area contributed by atoms with Crippen molar-refractivity contribution in [3.63, 3.8) is 0 Å². The Morgan fingerprint density at radius 3 is 3.00 bits per heavy atom. The van der Waals surface area contributed by atoms with Crippen molar-refractivity contribution in [3.8, 4) is 5.75 Å². The highest BCUT2D eigenvalue weighted by molar-refractivity contribution is 6.32. The number of hydrogen-bond acceptors (Lipinski definition) is 3. The Morgan fingerprint density at radius 2 is 2.24 bits per heavy atom. The molecule has 1 spiro atoms. The predicted octanol–water partition coefficient (Wildman–Crippen LogP) is 0.995. The summed E-state index contributed by atoms with van der Waals surface area (Å²) in [5.41, 5.74) is 0.746. The predicted molar refractivity (Wildman–Crippen MR) is 64.2 cm³/mol. The molecular formula is C13H13BO3. The number of fused-ring (bicyclic) bond motifs is 1. The number of carbonyl (C=O) groups excluding carboxylic acids is 1. The molecule has 0 aliphatic carbocycles. The van der Waals surface area contributed by atoms with E-state index in [0.29, 0.717) is 29.8 Å². The SMILES string of the molecule is [B]c1ccc2c(c1)C(=O)CC1(CCCOC1)O2. The third kappa shape index (κ3) is 1.87. The minimum atomic E-state index is -0.446. The Kier molecular flexibility index (Phi) is 2.47. The van der Waals surface area contributed by atoms with Gasteiger partial charge in [0.25, 0.3) is 0 Å². The monoisotopic (exact) mass is 228 g/mol. The van der Waals surface area contributed by atoms with Gasteiger partial charge in [-0.3, -0.25) is 4.79 Å². The summed E-state index contributed by atoms with van der Waals surface area (Å²) in [5.74, 6) is 0.741. The smallest absolute Gasteiger partial charge is 0.170 e. The van der Waals surface area contributed by atoms with Crippen LogP contribution in [-0.2, 0) is 4.74 Å². The van der Waals surface area contributed by atoms with Gasteiger partial charge in [0.1, 0.15) is 19.2 Å². The Hall–Kier alpha value is -1.29. The van der Waals surface area contributed by atoms with Crippen LogP contribution in [0, 0.1) is 0 Å². The van der Waals surface area contributed by atoms with Crippen molar-refractivity contribution in [1.82, 2.24) is 0 Å². The van der Waals surface area contributed by atoms with Crippen LogP contribution in [0.25, 0.3) is 0 Å². The van der Waals surface area contributed by atoms with E-state index in [1.165, 1.54) is 0 Å². The topological polar surface area (TPSA) is 35.5 Å².